The third kappa shape index (κ3) is 3.15. The monoisotopic (exact) mass is 283 g/mol. The van der Waals surface area contributed by atoms with Crippen molar-refractivity contribution in [1.29, 1.82) is 5.26 Å². The van der Waals surface area contributed by atoms with Gasteiger partial charge < -0.3 is 4.42 Å². The number of hydrogen-bond donors (Lipinski definition) is 0. The van der Waals surface area contributed by atoms with E-state index in [-0.39, 0.29) is 11.6 Å². The molecule has 104 valence electrons. The Bertz CT molecular complexity index is 567. The molecular formula is C12H17N3O3S. The van der Waals surface area contributed by atoms with Crippen LogP contribution >= 0.6 is 0 Å². The van der Waals surface area contributed by atoms with Crippen LogP contribution in [-0.4, -0.2) is 44.3 Å². The highest BCUT2D eigenvalue weighted by molar-refractivity contribution is 7.89. The van der Waals surface area contributed by atoms with Crippen molar-refractivity contribution in [3.8, 4) is 6.07 Å². The number of nitrogens with zero attached hydrogens (tertiary/aromatic N) is 3. The molecular weight excluding hydrogens is 266 g/mol. The molecule has 1 saturated heterocycles. The molecule has 0 saturated carbocycles. The predicted octanol–water partition coefficient (Wildman–Crippen LogP) is 1.02. The summed E-state index contributed by atoms with van der Waals surface area (Å²) < 4.78 is 31.3. The Labute approximate surface area is 113 Å². The SMILES string of the molecule is CN(CC#N)Cc1ccc(S(=O)(=O)N2CCCC2)o1. The van der Waals surface area contributed by atoms with Crippen molar-refractivity contribution >= 4 is 10.0 Å². The summed E-state index contributed by atoms with van der Waals surface area (Å²) in [5.41, 5.74) is 0. The topological polar surface area (TPSA) is 77.5 Å². The molecule has 0 unspecified atom stereocenters. The molecule has 1 aliphatic heterocycles. The summed E-state index contributed by atoms with van der Waals surface area (Å²) in [6, 6.07) is 5.17. The van der Waals surface area contributed by atoms with Crippen molar-refractivity contribution in [3.63, 3.8) is 0 Å². The molecule has 0 amide bonds. The van der Waals surface area contributed by atoms with Crippen molar-refractivity contribution < 1.29 is 12.8 Å². The lowest BCUT2D eigenvalue weighted by Gasteiger charge is -2.13. The van der Waals surface area contributed by atoms with Gasteiger partial charge in [0.05, 0.1) is 19.2 Å². The first-order valence-corrected chi connectivity index (χ1v) is 7.62. The van der Waals surface area contributed by atoms with E-state index in [1.54, 1.807) is 18.0 Å². The maximum atomic E-state index is 12.2. The van der Waals surface area contributed by atoms with E-state index in [2.05, 4.69) is 0 Å². The van der Waals surface area contributed by atoms with Crippen molar-refractivity contribution in [2.75, 3.05) is 26.7 Å². The summed E-state index contributed by atoms with van der Waals surface area (Å²) in [6.07, 6.45) is 1.80. The molecule has 0 spiro atoms. The Morgan fingerprint density at radius 2 is 2.11 bits per heavy atom. The lowest BCUT2D eigenvalue weighted by Crippen LogP contribution is -2.27. The van der Waals surface area contributed by atoms with Crippen LogP contribution in [0.1, 0.15) is 18.6 Å². The van der Waals surface area contributed by atoms with Gasteiger partial charge in [-0.1, -0.05) is 0 Å². The molecule has 0 radical (unpaired) electrons. The molecule has 7 heteroatoms. The van der Waals surface area contributed by atoms with Gasteiger partial charge in [-0.05, 0) is 32.0 Å². The van der Waals surface area contributed by atoms with Gasteiger partial charge in [0.1, 0.15) is 5.76 Å². The average molecular weight is 283 g/mol. The Kier molecular flexibility index (Phi) is 4.24. The summed E-state index contributed by atoms with van der Waals surface area (Å²) >= 11 is 0. The number of hydrogen-bond acceptors (Lipinski definition) is 5. The van der Waals surface area contributed by atoms with Gasteiger partial charge in [-0.25, -0.2) is 8.42 Å². The fourth-order valence-corrected chi connectivity index (χ4v) is 3.53. The highest BCUT2D eigenvalue weighted by atomic mass is 32.2. The molecule has 1 aliphatic rings. The fraction of sp³-hybridized carbons (Fsp3) is 0.583. The Morgan fingerprint density at radius 3 is 2.74 bits per heavy atom. The van der Waals surface area contributed by atoms with E-state index in [9.17, 15) is 8.42 Å². The van der Waals surface area contributed by atoms with Gasteiger partial charge in [0.25, 0.3) is 10.0 Å². The first-order chi connectivity index (χ1) is 9.04. The van der Waals surface area contributed by atoms with Crippen molar-refractivity contribution in [2.24, 2.45) is 0 Å². The third-order valence-electron chi connectivity index (χ3n) is 3.06. The van der Waals surface area contributed by atoms with Crippen LogP contribution in [0.15, 0.2) is 21.6 Å². The molecule has 0 aliphatic carbocycles. The zero-order chi connectivity index (χ0) is 13.9. The van der Waals surface area contributed by atoms with Crippen LogP contribution in [0.3, 0.4) is 0 Å². The van der Waals surface area contributed by atoms with Crippen molar-refractivity contribution in [2.45, 2.75) is 24.5 Å². The predicted molar refractivity (Wildman–Crippen MR) is 68.6 cm³/mol. The summed E-state index contributed by atoms with van der Waals surface area (Å²) in [6.45, 7) is 1.82. The molecule has 6 nitrogen and oxygen atoms in total. The lowest BCUT2D eigenvalue weighted by molar-refractivity contribution is 0.303. The van der Waals surface area contributed by atoms with Gasteiger partial charge in [-0.2, -0.15) is 9.57 Å². The van der Waals surface area contributed by atoms with E-state index >= 15 is 0 Å². The van der Waals surface area contributed by atoms with E-state index in [1.165, 1.54) is 10.4 Å². The van der Waals surface area contributed by atoms with Crippen LogP contribution in [0, 0.1) is 11.3 Å². The Balaban J connectivity index is 2.10. The van der Waals surface area contributed by atoms with E-state index in [0.29, 0.717) is 25.4 Å². The average Bonchev–Trinajstić information content (AvgIpc) is 2.99. The number of nitriles is 1. The lowest BCUT2D eigenvalue weighted by atomic mass is 10.4. The normalized spacial score (nSPS) is 16.9. The minimum atomic E-state index is -3.48. The minimum absolute atomic E-state index is 0.00485. The molecule has 0 atom stereocenters. The van der Waals surface area contributed by atoms with Crippen LogP contribution in [-0.2, 0) is 16.6 Å². The number of sulfonamides is 1. The molecule has 19 heavy (non-hydrogen) atoms. The second-order valence-electron chi connectivity index (χ2n) is 4.66. The summed E-state index contributed by atoms with van der Waals surface area (Å²) in [7, 11) is -1.70. The van der Waals surface area contributed by atoms with Crippen molar-refractivity contribution in [3.05, 3.63) is 17.9 Å². The summed E-state index contributed by atoms with van der Waals surface area (Å²) in [5.74, 6) is 0.551. The van der Waals surface area contributed by atoms with Crippen LogP contribution < -0.4 is 0 Å². The van der Waals surface area contributed by atoms with E-state index in [4.69, 9.17) is 9.68 Å². The smallest absolute Gasteiger partial charge is 0.276 e. The third-order valence-corrected chi connectivity index (χ3v) is 4.84. The maximum absolute atomic E-state index is 12.2. The molecule has 0 bridgehead atoms. The van der Waals surface area contributed by atoms with E-state index in [1.807, 2.05) is 6.07 Å². The van der Waals surface area contributed by atoms with Crippen LogP contribution in [0.5, 0.6) is 0 Å². The van der Waals surface area contributed by atoms with E-state index < -0.39 is 10.0 Å². The zero-order valence-corrected chi connectivity index (χ0v) is 11.7. The van der Waals surface area contributed by atoms with Gasteiger partial charge >= 0.3 is 0 Å². The highest BCUT2D eigenvalue weighted by Gasteiger charge is 2.29. The Morgan fingerprint density at radius 1 is 1.42 bits per heavy atom. The second kappa shape index (κ2) is 5.74. The molecule has 2 heterocycles. The standard InChI is InChI=1S/C12H17N3O3S/c1-14(9-6-13)10-11-4-5-12(18-11)19(16,17)15-7-2-3-8-15/h4-5H,2-3,7-10H2,1H3. The van der Waals surface area contributed by atoms with Gasteiger partial charge in [0, 0.05) is 13.1 Å². The molecule has 0 N–H and O–H groups in total. The molecule has 1 fully saturated rings. The van der Waals surface area contributed by atoms with Gasteiger partial charge in [-0.15, -0.1) is 0 Å². The van der Waals surface area contributed by atoms with E-state index in [0.717, 1.165) is 12.8 Å². The first kappa shape index (κ1) is 14.1. The van der Waals surface area contributed by atoms with Crippen LogP contribution in [0.25, 0.3) is 0 Å². The number of furan rings is 1. The molecule has 1 aromatic rings. The summed E-state index contributed by atoms with van der Waals surface area (Å²) in [4.78, 5) is 1.76. The van der Waals surface area contributed by atoms with Crippen LogP contribution in [0.2, 0.25) is 0 Å². The second-order valence-corrected chi connectivity index (χ2v) is 6.53. The van der Waals surface area contributed by atoms with Crippen molar-refractivity contribution in [1.82, 2.24) is 9.21 Å². The highest BCUT2D eigenvalue weighted by Crippen LogP contribution is 2.23. The molecule has 2 rings (SSSR count). The fourth-order valence-electron chi connectivity index (χ4n) is 2.08. The van der Waals surface area contributed by atoms with Crippen LogP contribution in [0.4, 0.5) is 0 Å². The summed E-state index contributed by atoms with van der Waals surface area (Å²) in [5, 5.41) is 8.56. The maximum Gasteiger partial charge on any atom is 0.276 e. The van der Waals surface area contributed by atoms with Gasteiger partial charge in [-0.3, -0.25) is 4.90 Å². The zero-order valence-electron chi connectivity index (χ0n) is 10.9. The van der Waals surface area contributed by atoms with Gasteiger partial charge in [0.2, 0.25) is 5.09 Å². The Hall–Kier alpha value is -1.36. The van der Waals surface area contributed by atoms with Gasteiger partial charge in [0.15, 0.2) is 0 Å². The largest absolute Gasteiger partial charge is 0.447 e. The first-order valence-electron chi connectivity index (χ1n) is 6.18. The quantitative estimate of drug-likeness (QED) is 0.754. The minimum Gasteiger partial charge on any atom is -0.447 e. The molecule has 1 aromatic heterocycles. The number of rotatable bonds is 5. The molecule has 0 aromatic carbocycles.